The molecule has 1 aliphatic rings. The molecule has 1 saturated heterocycles. The number of aromatic amines is 1. The molecule has 1 aromatic carbocycles. The van der Waals surface area contributed by atoms with E-state index < -0.39 is 10.2 Å². The summed E-state index contributed by atoms with van der Waals surface area (Å²) in [4.78, 5) is 0. The van der Waals surface area contributed by atoms with Crippen molar-refractivity contribution in [2.75, 3.05) is 17.8 Å². The van der Waals surface area contributed by atoms with Crippen molar-refractivity contribution in [3.05, 3.63) is 24.4 Å². The molecule has 1 aliphatic heterocycles. The molecule has 0 aliphatic carbocycles. The minimum atomic E-state index is -3.47. The molecule has 1 aromatic heterocycles. The summed E-state index contributed by atoms with van der Waals surface area (Å²) in [6.45, 7) is 3.22. The Morgan fingerprint density at radius 1 is 1.47 bits per heavy atom. The summed E-state index contributed by atoms with van der Waals surface area (Å²) in [7, 11) is -3.47. The predicted molar refractivity (Wildman–Crippen MR) is 74.0 cm³/mol. The van der Waals surface area contributed by atoms with Gasteiger partial charge in [0.1, 0.15) is 0 Å². The smallest absolute Gasteiger partial charge is 0.278 e. The molecular weight excluding hydrogens is 264 g/mol. The van der Waals surface area contributed by atoms with Gasteiger partial charge in [-0.15, -0.1) is 0 Å². The fourth-order valence-electron chi connectivity index (χ4n) is 2.37. The van der Waals surface area contributed by atoms with Crippen molar-refractivity contribution >= 4 is 26.8 Å². The van der Waals surface area contributed by atoms with Crippen molar-refractivity contribution in [2.45, 2.75) is 13.3 Å². The van der Waals surface area contributed by atoms with Crippen molar-refractivity contribution in [3.8, 4) is 0 Å². The fourth-order valence-corrected chi connectivity index (χ4v) is 3.76. The van der Waals surface area contributed by atoms with Crippen LogP contribution in [0.4, 0.5) is 5.69 Å². The number of rotatable bonds is 3. The Balaban J connectivity index is 1.90. The van der Waals surface area contributed by atoms with E-state index in [2.05, 4.69) is 21.8 Å². The molecule has 7 heteroatoms. The van der Waals surface area contributed by atoms with E-state index in [1.54, 1.807) is 18.3 Å². The molecule has 102 valence electrons. The van der Waals surface area contributed by atoms with Crippen LogP contribution in [-0.4, -0.2) is 36.0 Å². The van der Waals surface area contributed by atoms with Crippen molar-refractivity contribution in [3.63, 3.8) is 0 Å². The van der Waals surface area contributed by atoms with Crippen LogP contribution in [0.2, 0.25) is 0 Å². The van der Waals surface area contributed by atoms with Crippen molar-refractivity contribution in [2.24, 2.45) is 5.92 Å². The van der Waals surface area contributed by atoms with Crippen LogP contribution >= 0.6 is 0 Å². The maximum atomic E-state index is 12.3. The van der Waals surface area contributed by atoms with Crippen LogP contribution in [0.15, 0.2) is 24.4 Å². The maximum Gasteiger partial charge on any atom is 0.301 e. The quantitative estimate of drug-likeness (QED) is 0.895. The van der Waals surface area contributed by atoms with Crippen LogP contribution in [0, 0.1) is 5.92 Å². The number of H-pyrrole nitrogens is 1. The van der Waals surface area contributed by atoms with Gasteiger partial charge in [0.05, 0.1) is 17.4 Å². The van der Waals surface area contributed by atoms with Gasteiger partial charge in [0.2, 0.25) is 0 Å². The molecule has 6 nitrogen and oxygen atoms in total. The second kappa shape index (κ2) is 4.50. The zero-order valence-electron chi connectivity index (χ0n) is 10.6. The van der Waals surface area contributed by atoms with E-state index in [0.29, 0.717) is 24.7 Å². The topological polar surface area (TPSA) is 78.1 Å². The van der Waals surface area contributed by atoms with Gasteiger partial charge in [-0.2, -0.15) is 17.8 Å². The van der Waals surface area contributed by atoms with Crippen molar-refractivity contribution in [1.29, 1.82) is 0 Å². The third-order valence-electron chi connectivity index (χ3n) is 3.45. The van der Waals surface area contributed by atoms with E-state index in [1.165, 1.54) is 4.31 Å². The summed E-state index contributed by atoms with van der Waals surface area (Å²) in [6, 6.07) is 5.40. The summed E-state index contributed by atoms with van der Waals surface area (Å²) in [5.41, 5.74) is 1.38. The molecule has 19 heavy (non-hydrogen) atoms. The SMILES string of the molecule is C[C@H]1CCN(S(=O)(=O)Nc2cccc3[nH]ncc23)C1. The minimum absolute atomic E-state index is 0.418. The highest BCUT2D eigenvalue weighted by molar-refractivity contribution is 7.90. The molecule has 0 bridgehead atoms. The first-order valence-corrected chi connectivity index (χ1v) is 7.70. The summed E-state index contributed by atoms with van der Waals surface area (Å²) in [5, 5.41) is 7.53. The van der Waals surface area contributed by atoms with Crippen LogP contribution in [0.25, 0.3) is 10.9 Å². The second-order valence-electron chi connectivity index (χ2n) is 5.00. The van der Waals surface area contributed by atoms with Gasteiger partial charge in [-0.25, -0.2) is 0 Å². The summed E-state index contributed by atoms with van der Waals surface area (Å²) < 4.78 is 28.7. The molecule has 0 unspecified atom stereocenters. The van der Waals surface area contributed by atoms with Gasteiger partial charge in [-0.3, -0.25) is 9.82 Å². The third kappa shape index (κ3) is 2.31. The third-order valence-corrected chi connectivity index (χ3v) is 4.94. The average Bonchev–Trinajstić information content (AvgIpc) is 2.97. The number of fused-ring (bicyclic) bond motifs is 1. The highest BCUT2D eigenvalue weighted by Gasteiger charge is 2.29. The zero-order chi connectivity index (χ0) is 13.5. The van der Waals surface area contributed by atoms with Gasteiger partial charge in [0.25, 0.3) is 0 Å². The Bertz CT molecular complexity index is 695. The molecule has 0 saturated carbocycles. The molecule has 2 aromatic rings. The monoisotopic (exact) mass is 280 g/mol. The lowest BCUT2D eigenvalue weighted by molar-refractivity contribution is 0.469. The first-order chi connectivity index (χ1) is 9.06. The molecule has 2 heterocycles. The molecule has 2 N–H and O–H groups in total. The van der Waals surface area contributed by atoms with Gasteiger partial charge in [-0.1, -0.05) is 13.0 Å². The first-order valence-electron chi connectivity index (χ1n) is 6.26. The van der Waals surface area contributed by atoms with Gasteiger partial charge in [0.15, 0.2) is 0 Å². The van der Waals surface area contributed by atoms with E-state index in [-0.39, 0.29) is 0 Å². The Morgan fingerprint density at radius 2 is 2.32 bits per heavy atom. The summed E-state index contributed by atoms with van der Waals surface area (Å²) in [5.74, 6) is 0.418. The molecule has 1 fully saturated rings. The summed E-state index contributed by atoms with van der Waals surface area (Å²) in [6.07, 6.45) is 2.54. The standard InChI is InChI=1S/C12H16N4O2S/c1-9-5-6-16(8-9)19(17,18)15-12-4-2-3-11-10(12)7-13-14-11/h2-4,7,9,15H,5-6,8H2,1H3,(H,13,14)/t9-/m0/s1. The summed E-state index contributed by atoms with van der Waals surface area (Å²) >= 11 is 0. The average molecular weight is 280 g/mol. The van der Waals surface area contributed by atoms with Crippen molar-refractivity contribution < 1.29 is 8.42 Å². The largest absolute Gasteiger partial charge is 0.301 e. The number of hydrogen-bond acceptors (Lipinski definition) is 3. The number of benzene rings is 1. The fraction of sp³-hybridized carbons (Fsp3) is 0.417. The number of anilines is 1. The Kier molecular flexibility index (Phi) is 2.94. The second-order valence-corrected chi connectivity index (χ2v) is 6.67. The van der Waals surface area contributed by atoms with Crippen LogP contribution in [-0.2, 0) is 10.2 Å². The Labute approximate surface area is 112 Å². The van der Waals surface area contributed by atoms with E-state index in [0.717, 1.165) is 17.3 Å². The number of aromatic nitrogens is 2. The van der Waals surface area contributed by atoms with Crippen molar-refractivity contribution in [1.82, 2.24) is 14.5 Å². The molecule has 1 atom stereocenters. The van der Waals surface area contributed by atoms with Gasteiger partial charge in [-0.05, 0) is 24.5 Å². The van der Waals surface area contributed by atoms with E-state index in [9.17, 15) is 8.42 Å². The highest BCUT2D eigenvalue weighted by Crippen LogP contribution is 2.25. The lowest BCUT2D eigenvalue weighted by Crippen LogP contribution is -2.33. The highest BCUT2D eigenvalue weighted by atomic mass is 32.2. The molecule has 0 spiro atoms. The van der Waals surface area contributed by atoms with Crippen LogP contribution in [0.5, 0.6) is 0 Å². The van der Waals surface area contributed by atoms with Crippen LogP contribution in [0.3, 0.4) is 0 Å². The first kappa shape index (κ1) is 12.4. The van der Waals surface area contributed by atoms with Gasteiger partial charge >= 0.3 is 10.2 Å². The molecule has 3 rings (SSSR count). The van der Waals surface area contributed by atoms with E-state index in [4.69, 9.17) is 0 Å². The Hall–Kier alpha value is -1.60. The van der Waals surface area contributed by atoms with E-state index in [1.807, 2.05) is 6.07 Å². The van der Waals surface area contributed by atoms with E-state index >= 15 is 0 Å². The number of nitrogens with zero attached hydrogens (tertiary/aromatic N) is 2. The zero-order valence-corrected chi connectivity index (χ0v) is 11.4. The maximum absolute atomic E-state index is 12.3. The molecule has 0 radical (unpaired) electrons. The lowest BCUT2D eigenvalue weighted by atomic mass is 10.2. The Morgan fingerprint density at radius 3 is 3.05 bits per heavy atom. The normalized spacial score (nSPS) is 21.0. The van der Waals surface area contributed by atoms with Crippen LogP contribution in [0.1, 0.15) is 13.3 Å². The van der Waals surface area contributed by atoms with Crippen LogP contribution < -0.4 is 4.72 Å². The number of hydrogen-bond donors (Lipinski definition) is 2. The lowest BCUT2D eigenvalue weighted by Gasteiger charge is -2.17. The predicted octanol–water partition coefficient (Wildman–Crippen LogP) is 1.56. The van der Waals surface area contributed by atoms with Gasteiger partial charge < -0.3 is 0 Å². The number of nitrogens with one attached hydrogen (secondary N) is 2. The molecular formula is C12H16N4O2S. The van der Waals surface area contributed by atoms with Gasteiger partial charge in [0, 0.05) is 18.5 Å². The molecule has 0 amide bonds. The minimum Gasteiger partial charge on any atom is -0.278 e.